The van der Waals surface area contributed by atoms with Gasteiger partial charge in [-0.2, -0.15) is 0 Å². The number of hydrogen-bond acceptors (Lipinski definition) is 1. The van der Waals surface area contributed by atoms with Crippen molar-refractivity contribution < 1.29 is 0 Å². The van der Waals surface area contributed by atoms with Crippen LogP contribution < -0.4 is 5.32 Å². The second-order valence-electron chi connectivity index (χ2n) is 4.19. The van der Waals surface area contributed by atoms with Crippen LogP contribution in [0.2, 0.25) is 0 Å². The summed E-state index contributed by atoms with van der Waals surface area (Å²) in [6, 6.07) is 1.77. The van der Waals surface area contributed by atoms with E-state index in [0.29, 0.717) is 0 Å². The van der Waals surface area contributed by atoms with Crippen LogP contribution in [0.3, 0.4) is 0 Å². The summed E-state index contributed by atoms with van der Waals surface area (Å²) in [6.45, 7) is 4.71. The van der Waals surface area contributed by atoms with Crippen LogP contribution >= 0.6 is 0 Å². The second kappa shape index (κ2) is 2.23. The maximum absolute atomic E-state index is 3.66. The lowest BCUT2D eigenvalue weighted by atomic mass is 9.82. The fraction of sp³-hybridized carbons (Fsp3) is 1.00. The Balaban J connectivity index is 2.02. The highest BCUT2D eigenvalue weighted by molar-refractivity contribution is 4.97. The van der Waals surface area contributed by atoms with Gasteiger partial charge in [0.15, 0.2) is 0 Å². The molecule has 10 heavy (non-hydrogen) atoms. The molecule has 0 radical (unpaired) electrons. The molecular weight excluding hydrogens is 122 g/mol. The molecule has 0 saturated carbocycles. The summed E-state index contributed by atoms with van der Waals surface area (Å²) in [7, 11) is 0. The van der Waals surface area contributed by atoms with Crippen molar-refractivity contribution in [3.63, 3.8) is 0 Å². The van der Waals surface area contributed by atoms with Crippen LogP contribution in [0.1, 0.15) is 33.1 Å². The van der Waals surface area contributed by atoms with Gasteiger partial charge in [-0.15, -0.1) is 0 Å². The predicted octanol–water partition coefficient (Wildman–Crippen LogP) is 1.78. The molecule has 1 unspecified atom stereocenters. The lowest BCUT2D eigenvalue weighted by Gasteiger charge is -2.23. The van der Waals surface area contributed by atoms with Gasteiger partial charge in [-0.05, 0) is 31.1 Å². The van der Waals surface area contributed by atoms with E-state index in [9.17, 15) is 0 Å². The fourth-order valence-corrected chi connectivity index (χ4v) is 2.60. The van der Waals surface area contributed by atoms with Gasteiger partial charge < -0.3 is 5.32 Å². The molecule has 2 fully saturated rings. The first-order chi connectivity index (χ1) is 4.77. The van der Waals surface area contributed by atoms with Gasteiger partial charge in [0.25, 0.3) is 0 Å². The normalized spacial score (nSPS) is 45.3. The van der Waals surface area contributed by atoms with Crippen LogP contribution in [0.25, 0.3) is 0 Å². The molecule has 0 amide bonds. The third-order valence-electron chi connectivity index (χ3n) is 3.21. The minimum absolute atomic E-state index is 0.880. The monoisotopic (exact) mass is 139 g/mol. The Morgan fingerprint density at radius 2 is 2.10 bits per heavy atom. The van der Waals surface area contributed by atoms with E-state index in [-0.39, 0.29) is 0 Å². The lowest BCUT2D eigenvalue weighted by Crippen LogP contribution is -2.25. The molecule has 1 heteroatoms. The minimum atomic E-state index is 0.880. The van der Waals surface area contributed by atoms with Gasteiger partial charge in [-0.25, -0.2) is 0 Å². The van der Waals surface area contributed by atoms with Crippen LogP contribution in [0.15, 0.2) is 0 Å². The van der Waals surface area contributed by atoms with Crippen molar-refractivity contribution >= 4 is 0 Å². The summed E-state index contributed by atoms with van der Waals surface area (Å²) in [5.74, 6) is 1.88. The number of nitrogens with one attached hydrogen (secondary N) is 1. The highest BCUT2D eigenvalue weighted by Crippen LogP contribution is 2.37. The van der Waals surface area contributed by atoms with E-state index in [0.717, 1.165) is 23.9 Å². The van der Waals surface area contributed by atoms with E-state index in [4.69, 9.17) is 0 Å². The zero-order valence-electron chi connectivity index (χ0n) is 6.93. The molecule has 2 aliphatic rings. The third-order valence-corrected chi connectivity index (χ3v) is 3.21. The van der Waals surface area contributed by atoms with E-state index in [1.54, 1.807) is 0 Å². The minimum Gasteiger partial charge on any atom is -0.311 e. The van der Waals surface area contributed by atoms with E-state index >= 15 is 0 Å². The Morgan fingerprint density at radius 3 is 2.40 bits per heavy atom. The smallest absolute Gasteiger partial charge is 0.0101 e. The molecule has 58 valence electrons. The molecule has 2 bridgehead atoms. The molecule has 0 aromatic heterocycles. The molecular formula is C9H17N. The largest absolute Gasteiger partial charge is 0.311 e. The first kappa shape index (κ1) is 6.66. The van der Waals surface area contributed by atoms with Crippen LogP contribution in [-0.2, 0) is 0 Å². The van der Waals surface area contributed by atoms with Crippen molar-refractivity contribution in [2.24, 2.45) is 11.8 Å². The Morgan fingerprint density at radius 1 is 1.30 bits per heavy atom. The standard InChI is InChI=1S/C9H17N/c1-6(2)8-5-7-3-4-9(8)10-7/h6-10H,3-5H2,1-2H3/t7-,8?,9+/m0/s1. The zero-order chi connectivity index (χ0) is 7.14. The van der Waals surface area contributed by atoms with Gasteiger partial charge in [0.1, 0.15) is 0 Å². The van der Waals surface area contributed by atoms with Crippen LogP contribution in [0.4, 0.5) is 0 Å². The Labute approximate surface area is 63.2 Å². The Hall–Kier alpha value is -0.0400. The summed E-state index contributed by atoms with van der Waals surface area (Å²) in [4.78, 5) is 0. The topological polar surface area (TPSA) is 12.0 Å². The summed E-state index contributed by atoms with van der Waals surface area (Å²) in [5.41, 5.74) is 0. The van der Waals surface area contributed by atoms with Crippen LogP contribution in [-0.4, -0.2) is 12.1 Å². The number of fused-ring (bicyclic) bond motifs is 2. The summed E-state index contributed by atoms with van der Waals surface area (Å²) in [6.07, 6.45) is 4.32. The van der Waals surface area contributed by atoms with E-state index in [1.807, 2.05) is 0 Å². The molecule has 2 saturated heterocycles. The van der Waals surface area contributed by atoms with E-state index < -0.39 is 0 Å². The quantitative estimate of drug-likeness (QED) is 0.584. The van der Waals surface area contributed by atoms with Crippen LogP contribution in [0.5, 0.6) is 0 Å². The molecule has 1 N–H and O–H groups in total. The highest BCUT2D eigenvalue weighted by Gasteiger charge is 2.39. The average Bonchev–Trinajstić information content (AvgIpc) is 2.44. The van der Waals surface area contributed by atoms with Crippen molar-refractivity contribution in [1.82, 2.24) is 5.32 Å². The molecule has 2 heterocycles. The SMILES string of the molecule is CC(C)C1C[C@@H]2CC[C@H]1N2. The summed E-state index contributed by atoms with van der Waals surface area (Å²) >= 11 is 0. The summed E-state index contributed by atoms with van der Waals surface area (Å²) < 4.78 is 0. The third kappa shape index (κ3) is 0.878. The maximum Gasteiger partial charge on any atom is 0.0101 e. The number of hydrogen-bond donors (Lipinski definition) is 1. The Kier molecular flexibility index (Phi) is 1.48. The zero-order valence-corrected chi connectivity index (χ0v) is 6.93. The van der Waals surface area contributed by atoms with Gasteiger partial charge in [-0.3, -0.25) is 0 Å². The first-order valence-corrected chi connectivity index (χ1v) is 4.53. The van der Waals surface area contributed by atoms with Gasteiger partial charge in [0, 0.05) is 12.1 Å². The predicted molar refractivity (Wildman–Crippen MR) is 42.9 cm³/mol. The molecule has 2 aliphatic heterocycles. The molecule has 1 nitrogen and oxygen atoms in total. The maximum atomic E-state index is 3.66. The van der Waals surface area contributed by atoms with Gasteiger partial charge in [-0.1, -0.05) is 13.8 Å². The second-order valence-corrected chi connectivity index (χ2v) is 4.19. The van der Waals surface area contributed by atoms with Gasteiger partial charge in [0.2, 0.25) is 0 Å². The number of rotatable bonds is 1. The van der Waals surface area contributed by atoms with Gasteiger partial charge in [0.05, 0.1) is 0 Å². The molecule has 2 rings (SSSR count). The highest BCUT2D eigenvalue weighted by atomic mass is 15.0. The molecule has 0 aromatic carbocycles. The molecule has 3 atom stereocenters. The van der Waals surface area contributed by atoms with E-state index in [2.05, 4.69) is 19.2 Å². The summed E-state index contributed by atoms with van der Waals surface area (Å²) in [5, 5.41) is 3.66. The van der Waals surface area contributed by atoms with Crippen molar-refractivity contribution in [2.75, 3.05) is 0 Å². The van der Waals surface area contributed by atoms with Gasteiger partial charge >= 0.3 is 0 Å². The van der Waals surface area contributed by atoms with Crippen molar-refractivity contribution in [2.45, 2.75) is 45.2 Å². The fourth-order valence-electron chi connectivity index (χ4n) is 2.60. The van der Waals surface area contributed by atoms with Crippen molar-refractivity contribution in [3.05, 3.63) is 0 Å². The Bertz CT molecular complexity index is 131. The van der Waals surface area contributed by atoms with Crippen LogP contribution in [0, 0.1) is 11.8 Å². The van der Waals surface area contributed by atoms with Crippen molar-refractivity contribution in [1.29, 1.82) is 0 Å². The lowest BCUT2D eigenvalue weighted by molar-refractivity contribution is 0.311. The molecule has 0 aromatic rings. The first-order valence-electron chi connectivity index (χ1n) is 4.53. The average molecular weight is 139 g/mol. The van der Waals surface area contributed by atoms with E-state index in [1.165, 1.54) is 19.3 Å². The van der Waals surface area contributed by atoms with Crippen molar-refractivity contribution in [3.8, 4) is 0 Å². The molecule has 0 spiro atoms. The molecule has 0 aliphatic carbocycles.